The lowest BCUT2D eigenvalue weighted by Gasteiger charge is -2.20. The van der Waals surface area contributed by atoms with E-state index in [1.54, 1.807) is 12.1 Å². The van der Waals surface area contributed by atoms with Crippen LogP contribution in [-0.4, -0.2) is 18.2 Å². The van der Waals surface area contributed by atoms with Gasteiger partial charge in [-0.15, -0.1) is 0 Å². The maximum atomic E-state index is 13.1. The van der Waals surface area contributed by atoms with Gasteiger partial charge in [0.05, 0.1) is 12.5 Å². The molecule has 126 valence electrons. The standard InChI is InChI=1S/C19H19F2NO2/c1-12(2)18(14-5-9-16(21)10-6-14)19(24)22-11-17(23)13-3-7-15(20)8-4-13/h3-10,12,18H,11H2,1-2H3,(H,22,24). The summed E-state index contributed by atoms with van der Waals surface area (Å²) in [4.78, 5) is 24.5. The van der Waals surface area contributed by atoms with Crippen molar-refractivity contribution in [2.24, 2.45) is 5.92 Å². The molecule has 3 nitrogen and oxygen atoms in total. The summed E-state index contributed by atoms with van der Waals surface area (Å²) in [5.74, 6) is -1.89. The number of nitrogens with one attached hydrogen (secondary N) is 1. The summed E-state index contributed by atoms with van der Waals surface area (Å²) in [7, 11) is 0. The minimum atomic E-state index is -0.480. The minimum Gasteiger partial charge on any atom is -0.348 e. The Hall–Kier alpha value is -2.56. The first-order valence-electron chi connectivity index (χ1n) is 7.70. The van der Waals surface area contributed by atoms with Crippen LogP contribution in [0.1, 0.15) is 35.7 Å². The van der Waals surface area contributed by atoms with Crippen molar-refractivity contribution in [3.63, 3.8) is 0 Å². The maximum absolute atomic E-state index is 13.1. The molecule has 0 radical (unpaired) electrons. The van der Waals surface area contributed by atoms with E-state index in [1.807, 2.05) is 13.8 Å². The average molecular weight is 331 g/mol. The molecule has 0 aliphatic carbocycles. The van der Waals surface area contributed by atoms with Crippen molar-refractivity contribution in [3.8, 4) is 0 Å². The quantitative estimate of drug-likeness (QED) is 0.820. The van der Waals surface area contributed by atoms with Crippen LogP contribution in [0, 0.1) is 17.6 Å². The lowest BCUT2D eigenvalue weighted by molar-refractivity contribution is -0.123. The highest BCUT2D eigenvalue weighted by atomic mass is 19.1. The third-order valence-electron chi connectivity index (χ3n) is 3.77. The Balaban J connectivity index is 2.04. The van der Waals surface area contributed by atoms with Gasteiger partial charge in [-0.2, -0.15) is 0 Å². The van der Waals surface area contributed by atoms with E-state index in [-0.39, 0.29) is 30.0 Å². The maximum Gasteiger partial charge on any atom is 0.228 e. The zero-order chi connectivity index (χ0) is 17.7. The van der Waals surface area contributed by atoms with E-state index in [0.29, 0.717) is 11.1 Å². The van der Waals surface area contributed by atoms with Gasteiger partial charge in [-0.05, 0) is 47.9 Å². The molecule has 2 rings (SSSR count). The van der Waals surface area contributed by atoms with Crippen LogP contribution >= 0.6 is 0 Å². The second-order valence-electron chi connectivity index (χ2n) is 5.92. The predicted molar refractivity (Wildman–Crippen MR) is 87.7 cm³/mol. The summed E-state index contributed by atoms with van der Waals surface area (Å²) >= 11 is 0. The van der Waals surface area contributed by atoms with Crippen molar-refractivity contribution < 1.29 is 18.4 Å². The summed E-state index contributed by atoms with van der Waals surface area (Å²) in [6.07, 6.45) is 0. The third kappa shape index (κ3) is 4.47. The summed E-state index contributed by atoms with van der Waals surface area (Å²) < 4.78 is 25.9. The van der Waals surface area contributed by atoms with Gasteiger partial charge in [0, 0.05) is 5.56 Å². The zero-order valence-corrected chi connectivity index (χ0v) is 13.6. The molecule has 5 heteroatoms. The second kappa shape index (κ2) is 7.81. The van der Waals surface area contributed by atoms with Crippen LogP contribution < -0.4 is 5.32 Å². The first-order chi connectivity index (χ1) is 11.4. The monoisotopic (exact) mass is 331 g/mol. The van der Waals surface area contributed by atoms with Gasteiger partial charge in [0.15, 0.2) is 5.78 Å². The van der Waals surface area contributed by atoms with E-state index in [4.69, 9.17) is 0 Å². The molecule has 1 atom stereocenters. The van der Waals surface area contributed by atoms with Gasteiger partial charge in [-0.3, -0.25) is 9.59 Å². The fraction of sp³-hybridized carbons (Fsp3) is 0.263. The predicted octanol–water partition coefficient (Wildman–Crippen LogP) is 3.70. The fourth-order valence-corrected chi connectivity index (χ4v) is 2.52. The molecular weight excluding hydrogens is 312 g/mol. The van der Waals surface area contributed by atoms with Crippen LogP contribution in [0.2, 0.25) is 0 Å². The molecule has 0 saturated heterocycles. The van der Waals surface area contributed by atoms with Crippen LogP contribution in [0.3, 0.4) is 0 Å². The molecule has 2 aromatic rings. The van der Waals surface area contributed by atoms with Crippen molar-refractivity contribution in [1.29, 1.82) is 0 Å². The molecule has 0 aliphatic rings. The molecule has 0 saturated carbocycles. The Morgan fingerprint density at radius 3 is 1.92 bits per heavy atom. The summed E-state index contributed by atoms with van der Waals surface area (Å²) in [5, 5.41) is 2.61. The highest BCUT2D eigenvalue weighted by Crippen LogP contribution is 2.24. The zero-order valence-electron chi connectivity index (χ0n) is 13.6. The molecule has 0 aliphatic heterocycles. The van der Waals surface area contributed by atoms with Gasteiger partial charge >= 0.3 is 0 Å². The Morgan fingerprint density at radius 2 is 1.42 bits per heavy atom. The van der Waals surface area contributed by atoms with E-state index in [2.05, 4.69) is 5.32 Å². The number of halogens is 2. The SMILES string of the molecule is CC(C)C(C(=O)NCC(=O)c1ccc(F)cc1)c1ccc(F)cc1. The largest absolute Gasteiger partial charge is 0.348 e. The number of hydrogen-bond donors (Lipinski definition) is 1. The van der Waals surface area contributed by atoms with E-state index in [0.717, 1.165) is 0 Å². The molecule has 0 spiro atoms. The van der Waals surface area contributed by atoms with E-state index < -0.39 is 11.7 Å². The summed E-state index contributed by atoms with van der Waals surface area (Å²) in [5.41, 5.74) is 1.03. The van der Waals surface area contributed by atoms with Gasteiger partial charge in [-0.25, -0.2) is 8.78 Å². The lowest BCUT2D eigenvalue weighted by Crippen LogP contribution is -2.35. The molecule has 24 heavy (non-hydrogen) atoms. The number of hydrogen-bond acceptors (Lipinski definition) is 2. The molecule has 0 heterocycles. The smallest absolute Gasteiger partial charge is 0.228 e. The van der Waals surface area contributed by atoms with Crippen molar-refractivity contribution in [2.45, 2.75) is 19.8 Å². The van der Waals surface area contributed by atoms with Gasteiger partial charge in [0.1, 0.15) is 11.6 Å². The number of carbonyl (C=O) groups excluding carboxylic acids is 2. The highest BCUT2D eigenvalue weighted by Gasteiger charge is 2.24. The molecule has 1 N–H and O–H groups in total. The van der Waals surface area contributed by atoms with Gasteiger partial charge in [0.25, 0.3) is 0 Å². The highest BCUT2D eigenvalue weighted by molar-refractivity contribution is 5.99. The molecule has 1 amide bonds. The minimum absolute atomic E-state index is 0.0172. The molecule has 0 bridgehead atoms. The normalized spacial score (nSPS) is 12.0. The number of rotatable bonds is 6. The van der Waals surface area contributed by atoms with Crippen LogP contribution in [0.15, 0.2) is 48.5 Å². The first-order valence-corrected chi connectivity index (χ1v) is 7.70. The third-order valence-corrected chi connectivity index (χ3v) is 3.77. The van der Waals surface area contributed by atoms with Crippen molar-refractivity contribution >= 4 is 11.7 Å². The van der Waals surface area contributed by atoms with Crippen molar-refractivity contribution in [2.75, 3.05) is 6.54 Å². The molecule has 0 aromatic heterocycles. The van der Waals surface area contributed by atoms with Crippen LogP contribution in [0.5, 0.6) is 0 Å². The number of Topliss-reactive ketones (excluding diaryl/α,β-unsaturated/α-hetero) is 1. The van der Waals surface area contributed by atoms with Crippen molar-refractivity contribution in [3.05, 3.63) is 71.3 Å². The van der Waals surface area contributed by atoms with Gasteiger partial charge < -0.3 is 5.32 Å². The number of ketones is 1. The molecule has 1 unspecified atom stereocenters. The van der Waals surface area contributed by atoms with Crippen LogP contribution in [0.25, 0.3) is 0 Å². The molecule has 0 fully saturated rings. The van der Waals surface area contributed by atoms with Crippen LogP contribution in [0.4, 0.5) is 8.78 Å². The first kappa shape index (κ1) is 17.8. The Kier molecular flexibility index (Phi) is 5.79. The number of carbonyl (C=O) groups is 2. The van der Waals surface area contributed by atoms with Crippen LogP contribution in [-0.2, 0) is 4.79 Å². The topological polar surface area (TPSA) is 46.2 Å². The summed E-state index contributed by atoms with van der Waals surface area (Å²) in [6.45, 7) is 3.60. The number of amides is 1. The molecular formula is C19H19F2NO2. The Morgan fingerprint density at radius 1 is 0.917 bits per heavy atom. The van der Waals surface area contributed by atoms with Gasteiger partial charge in [0.2, 0.25) is 5.91 Å². The lowest BCUT2D eigenvalue weighted by atomic mass is 9.87. The van der Waals surface area contributed by atoms with Crippen molar-refractivity contribution in [1.82, 2.24) is 5.32 Å². The fourth-order valence-electron chi connectivity index (χ4n) is 2.52. The van der Waals surface area contributed by atoms with E-state index in [1.165, 1.54) is 36.4 Å². The second-order valence-corrected chi connectivity index (χ2v) is 5.92. The Labute approximate surface area is 139 Å². The Bertz CT molecular complexity index is 709. The molecule has 2 aromatic carbocycles. The van der Waals surface area contributed by atoms with Gasteiger partial charge in [-0.1, -0.05) is 26.0 Å². The summed E-state index contributed by atoms with van der Waals surface area (Å²) in [6, 6.07) is 10.9. The van der Waals surface area contributed by atoms with E-state index >= 15 is 0 Å². The van der Waals surface area contributed by atoms with E-state index in [9.17, 15) is 18.4 Å². The number of benzene rings is 2. The average Bonchev–Trinajstić information content (AvgIpc) is 2.55.